The molecule has 1 aromatic heterocycles. The highest BCUT2D eigenvalue weighted by Crippen LogP contribution is 2.17. The van der Waals surface area contributed by atoms with Gasteiger partial charge >= 0.3 is 0 Å². The summed E-state index contributed by atoms with van der Waals surface area (Å²) >= 11 is 0. The van der Waals surface area contributed by atoms with Crippen molar-refractivity contribution in [3.63, 3.8) is 0 Å². The van der Waals surface area contributed by atoms with Crippen LogP contribution >= 0.6 is 0 Å². The number of guanidine groups is 1. The molecule has 1 heterocycles. The number of hydrogen-bond donors (Lipinski definition) is 2. The molecule has 0 fully saturated rings. The Morgan fingerprint density at radius 1 is 1.57 bits per heavy atom. The largest absolute Gasteiger partial charge is 0.370 e. The van der Waals surface area contributed by atoms with Crippen molar-refractivity contribution in [2.45, 2.75) is 13.5 Å². The van der Waals surface area contributed by atoms with Crippen LogP contribution in [0, 0.1) is 12.7 Å². The molecule has 0 bridgehead atoms. The first-order valence-corrected chi connectivity index (χ1v) is 6.55. The van der Waals surface area contributed by atoms with E-state index in [-0.39, 0.29) is 5.82 Å². The molecule has 1 aromatic carbocycles. The maximum absolute atomic E-state index is 14.2. The standard InChI is InChI=1S/C15H18FN5/c1-3-6-19-15(17)20-10-12-4-5-14(13(16)9-12)21-8-7-18-11(21)2/h3-5,7-9H,1,6,10H2,2H3,(H3,17,19,20). The highest BCUT2D eigenvalue weighted by Gasteiger charge is 2.07. The minimum Gasteiger partial charge on any atom is -0.370 e. The van der Waals surface area contributed by atoms with Crippen molar-refractivity contribution in [1.82, 2.24) is 14.9 Å². The van der Waals surface area contributed by atoms with Crippen molar-refractivity contribution in [1.29, 1.82) is 0 Å². The average Bonchev–Trinajstić information content (AvgIpc) is 2.89. The van der Waals surface area contributed by atoms with E-state index < -0.39 is 0 Å². The molecule has 0 aliphatic carbocycles. The number of nitrogens with one attached hydrogen (secondary N) is 1. The van der Waals surface area contributed by atoms with E-state index in [9.17, 15) is 4.39 Å². The van der Waals surface area contributed by atoms with Crippen LogP contribution in [0.25, 0.3) is 5.69 Å². The number of imidazole rings is 1. The lowest BCUT2D eigenvalue weighted by Crippen LogP contribution is -2.31. The van der Waals surface area contributed by atoms with E-state index >= 15 is 0 Å². The van der Waals surface area contributed by atoms with Crippen LogP contribution in [0.5, 0.6) is 0 Å². The minimum atomic E-state index is -0.318. The van der Waals surface area contributed by atoms with E-state index in [1.807, 2.05) is 13.0 Å². The number of aromatic nitrogens is 2. The molecule has 0 amide bonds. The fourth-order valence-corrected chi connectivity index (χ4v) is 1.89. The van der Waals surface area contributed by atoms with Gasteiger partial charge in [-0.05, 0) is 24.6 Å². The summed E-state index contributed by atoms with van der Waals surface area (Å²) in [7, 11) is 0. The van der Waals surface area contributed by atoms with Gasteiger partial charge in [-0.1, -0.05) is 12.1 Å². The van der Waals surface area contributed by atoms with Gasteiger partial charge in [-0.25, -0.2) is 14.4 Å². The summed E-state index contributed by atoms with van der Waals surface area (Å²) in [5.41, 5.74) is 6.87. The van der Waals surface area contributed by atoms with Crippen LogP contribution in [0.2, 0.25) is 0 Å². The topological polar surface area (TPSA) is 68.2 Å². The average molecular weight is 287 g/mol. The second-order valence-corrected chi connectivity index (χ2v) is 4.50. The molecule has 0 spiro atoms. The molecule has 0 atom stereocenters. The third kappa shape index (κ3) is 3.68. The Morgan fingerprint density at radius 3 is 3.00 bits per heavy atom. The molecule has 0 aliphatic heterocycles. The summed E-state index contributed by atoms with van der Waals surface area (Å²) in [5, 5.41) is 2.86. The first kappa shape index (κ1) is 14.8. The number of rotatable bonds is 5. The third-order valence-electron chi connectivity index (χ3n) is 2.96. The van der Waals surface area contributed by atoms with Crippen molar-refractivity contribution in [2.24, 2.45) is 10.7 Å². The Bertz CT molecular complexity index is 660. The molecule has 6 heteroatoms. The summed E-state index contributed by atoms with van der Waals surface area (Å²) in [6.45, 7) is 6.26. The molecule has 0 saturated heterocycles. The Hall–Kier alpha value is -2.63. The number of hydrogen-bond acceptors (Lipinski definition) is 2. The summed E-state index contributed by atoms with van der Waals surface area (Å²) in [6.07, 6.45) is 5.05. The van der Waals surface area contributed by atoms with E-state index in [1.54, 1.807) is 29.1 Å². The molecule has 0 aliphatic rings. The Kier molecular flexibility index (Phi) is 4.71. The fraction of sp³-hybridized carbons (Fsp3) is 0.200. The molecule has 0 radical (unpaired) electrons. The van der Waals surface area contributed by atoms with Crippen LogP contribution in [-0.4, -0.2) is 22.1 Å². The van der Waals surface area contributed by atoms with Crippen LogP contribution < -0.4 is 11.1 Å². The van der Waals surface area contributed by atoms with Crippen molar-refractivity contribution in [3.05, 3.63) is 60.5 Å². The molecular weight excluding hydrogens is 269 g/mol. The predicted octanol–water partition coefficient (Wildman–Crippen LogP) is 1.91. The number of benzene rings is 1. The van der Waals surface area contributed by atoms with Gasteiger partial charge in [-0.15, -0.1) is 6.58 Å². The summed E-state index contributed by atoms with van der Waals surface area (Å²) in [6, 6.07) is 4.99. The third-order valence-corrected chi connectivity index (χ3v) is 2.96. The normalized spacial score (nSPS) is 11.4. The molecule has 2 rings (SSSR count). The van der Waals surface area contributed by atoms with Crippen molar-refractivity contribution < 1.29 is 4.39 Å². The zero-order valence-corrected chi connectivity index (χ0v) is 11.9. The van der Waals surface area contributed by atoms with E-state index in [4.69, 9.17) is 5.73 Å². The van der Waals surface area contributed by atoms with Crippen molar-refractivity contribution in [3.8, 4) is 5.69 Å². The lowest BCUT2D eigenvalue weighted by molar-refractivity contribution is 0.614. The lowest BCUT2D eigenvalue weighted by Gasteiger charge is -2.08. The van der Waals surface area contributed by atoms with Gasteiger partial charge in [-0.2, -0.15) is 0 Å². The lowest BCUT2D eigenvalue weighted by atomic mass is 10.2. The summed E-state index contributed by atoms with van der Waals surface area (Å²) in [4.78, 5) is 8.22. The van der Waals surface area contributed by atoms with Crippen LogP contribution in [0.4, 0.5) is 4.39 Å². The quantitative estimate of drug-likeness (QED) is 0.501. The van der Waals surface area contributed by atoms with E-state index in [1.165, 1.54) is 6.07 Å². The maximum Gasteiger partial charge on any atom is 0.189 e. The van der Waals surface area contributed by atoms with Crippen LogP contribution in [0.15, 0.2) is 48.2 Å². The van der Waals surface area contributed by atoms with Crippen molar-refractivity contribution >= 4 is 5.96 Å². The van der Waals surface area contributed by atoms with Crippen LogP contribution in [-0.2, 0) is 6.54 Å². The fourth-order valence-electron chi connectivity index (χ4n) is 1.89. The zero-order chi connectivity index (χ0) is 15.2. The number of halogens is 1. The molecule has 0 unspecified atom stereocenters. The van der Waals surface area contributed by atoms with Crippen LogP contribution in [0.1, 0.15) is 11.4 Å². The van der Waals surface area contributed by atoms with Gasteiger partial charge in [0, 0.05) is 18.9 Å². The molecule has 0 saturated carbocycles. The van der Waals surface area contributed by atoms with E-state index in [2.05, 4.69) is 21.9 Å². The first-order chi connectivity index (χ1) is 10.1. The highest BCUT2D eigenvalue weighted by molar-refractivity contribution is 5.77. The maximum atomic E-state index is 14.2. The van der Waals surface area contributed by atoms with Gasteiger partial charge in [0.1, 0.15) is 11.6 Å². The second-order valence-electron chi connectivity index (χ2n) is 4.50. The van der Waals surface area contributed by atoms with Crippen molar-refractivity contribution in [2.75, 3.05) is 6.54 Å². The Balaban J connectivity index is 2.13. The summed E-state index contributed by atoms with van der Waals surface area (Å²) in [5.74, 6) is 0.726. The number of nitrogens with zero attached hydrogens (tertiary/aromatic N) is 3. The highest BCUT2D eigenvalue weighted by atomic mass is 19.1. The van der Waals surface area contributed by atoms with E-state index in [0.717, 1.165) is 11.4 Å². The van der Waals surface area contributed by atoms with Gasteiger partial charge in [0.2, 0.25) is 0 Å². The smallest absolute Gasteiger partial charge is 0.189 e. The van der Waals surface area contributed by atoms with Gasteiger partial charge in [0.15, 0.2) is 5.96 Å². The predicted molar refractivity (Wildman–Crippen MR) is 81.8 cm³/mol. The van der Waals surface area contributed by atoms with Gasteiger partial charge in [-0.3, -0.25) is 0 Å². The van der Waals surface area contributed by atoms with Gasteiger partial charge in [0.25, 0.3) is 0 Å². The molecule has 3 N–H and O–H groups in total. The number of aryl methyl sites for hydroxylation is 1. The Morgan fingerprint density at radius 2 is 2.38 bits per heavy atom. The van der Waals surface area contributed by atoms with Gasteiger partial charge in [0.05, 0.1) is 12.2 Å². The number of nitrogens with two attached hydrogens (primary N) is 1. The van der Waals surface area contributed by atoms with Gasteiger partial charge < -0.3 is 15.6 Å². The van der Waals surface area contributed by atoms with Crippen LogP contribution in [0.3, 0.4) is 0 Å². The molecular formula is C15H18FN5. The minimum absolute atomic E-state index is 0.310. The zero-order valence-electron chi connectivity index (χ0n) is 11.9. The summed E-state index contributed by atoms with van der Waals surface area (Å²) < 4.78 is 15.9. The molecule has 110 valence electrons. The molecule has 2 aromatic rings. The Labute approximate surface area is 123 Å². The SMILES string of the molecule is C=CCNC(N)=NCc1ccc(-n2ccnc2C)c(F)c1. The molecule has 5 nitrogen and oxygen atoms in total. The second kappa shape index (κ2) is 6.69. The first-order valence-electron chi connectivity index (χ1n) is 6.55. The van der Waals surface area contributed by atoms with E-state index in [0.29, 0.717) is 24.7 Å². The number of aliphatic imine (C=N–C) groups is 1. The monoisotopic (exact) mass is 287 g/mol. The molecule has 21 heavy (non-hydrogen) atoms.